The Kier molecular flexibility index (Phi) is 50.4. The van der Waals surface area contributed by atoms with Gasteiger partial charge in [-0.3, -0.25) is 4.79 Å². The Morgan fingerprint density at radius 3 is 1.05 bits per heavy atom. The van der Waals surface area contributed by atoms with E-state index in [1.807, 2.05) is 6.08 Å². The van der Waals surface area contributed by atoms with Gasteiger partial charge in [-0.15, -0.1) is 0 Å². The summed E-state index contributed by atoms with van der Waals surface area (Å²) in [5.41, 5.74) is 0. The molecule has 0 bridgehead atoms. The van der Waals surface area contributed by atoms with Gasteiger partial charge in [0.2, 0.25) is 5.91 Å². The Hall–Kier alpha value is -3.21. The van der Waals surface area contributed by atoms with E-state index in [1.165, 1.54) is 109 Å². The number of hydrogen-bond donors (Lipinski definition) is 3. The summed E-state index contributed by atoms with van der Waals surface area (Å²) in [7, 11) is 0. The molecule has 0 rings (SSSR count). The van der Waals surface area contributed by atoms with Crippen LogP contribution < -0.4 is 5.32 Å². The van der Waals surface area contributed by atoms with Crippen LogP contribution in [0.1, 0.15) is 226 Å². The first kappa shape index (κ1) is 59.8. The molecular formula is C59H99NO3. The van der Waals surface area contributed by atoms with Gasteiger partial charge in [-0.2, -0.15) is 0 Å². The molecule has 0 saturated carbocycles. The Morgan fingerprint density at radius 1 is 0.397 bits per heavy atom. The highest BCUT2D eigenvalue weighted by atomic mass is 16.3. The smallest absolute Gasteiger partial charge is 0.220 e. The first-order chi connectivity index (χ1) is 31.2. The van der Waals surface area contributed by atoms with E-state index in [1.54, 1.807) is 6.08 Å². The van der Waals surface area contributed by atoms with Gasteiger partial charge >= 0.3 is 0 Å². The third-order valence-electron chi connectivity index (χ3n) is 11.2. The number of carbonyl (C=O) groups excluding carboxylic acids is 1. The minimum absolute atomic E-state index is 0.0999. The lowest BCUT2D eigenvalue weighted by atomic mass is 10.0. The number of amides is 1. The van der Waals surface area contributed by atoms with Gasteiger partial charge in [-0.1, -0.05) is 251 Å². The van der Waals surface area contributed by atoms with Crippen molar-refractivity contribution in [3.8, 4) is 0 Å². The normalized spacial score (nSPS) is 13.9. The summed E-state index contributed by atoms with van der Waals surface area (Å²) in [5, 5.41) is 23.1. The van der Waals surface area contributed by atoms with Crippen LogP contribution in [0.2, 0.25) is 0 Å². The number of aliphatic hydroxyl groups excluding tert-OH is 2. The second-order valence-electron chi connectivity index (χ2n) is 17.2. The fraction of sp³-hybridized carbons (Fsp3) is 0.644. The van der Waals surface area contributed by atoms with Gasteiger partial charge in [0.1, 0.15) is 0 Å². The van der Waals surface area contributed by atoms with Crippen molar-refractivity contribution < 1.29 is 15.0 Å². The van der Waals surface area contributed by atoms with Crippen molar-refractivity contribution in [3.05, 3.63) is 122 Å². The van der Waals surface area contributed by atoms with E-state index in [9.17, 15) is 15.0 Å². The van der Waals surface area contributed by atoms with Crippen molar-refractivity contribution in [1.29, 1.82) is 0 Å². The van der Waals surface area contributed by atoms with Crippen molar-refractivity contribution in [3.63, 3.8) is 0 Å². The molecule has 0 saturated heterocycles. The molecule has 3 N–H and O–H groups in total. The van der Waals surface area contributed by atoms with E-state index in [2.05, 4.69) is 129 Å². The maximum absolute atomic E-state index is 12.4. The van der Waals surface area contributed by atoms with Crippen LogP contribution in [0.5, 0.6) is 0 Å². The zero-order valence-corrected chi connectivity index (χ0v) is 41.0. The monoisotopic (exact) mass is 870 g/mol. The molecule has 0 aliphatic carbocycles. The van der Waals surface area contributed by atoms with Crippen LogP contribution in [0.3, 0.4) is 0 Å². The number of allylic oxidation sites excluding steroid dienone is 19. The SMILES string of the molecule is CC/C=C\C/C=C\C/C=C\C/C=C\C/C=C\C/C=C\C/C=C\C/C=C\C/C=C\CCCCCC(=O)NC(CO)C(O)/C=C/CCCCCCCCCCCCCCCCCCCC. The van der Waals surface area contributed by atoms with Gasteiger partial charge in [0, 0.05) is 6.42 Å². The number of nitrogens with one attached hydrogen (secondary N) is 1. The highest BCUT2D eigenvalue weighted by Crippen LogP contribution is 2.15. The largest absolute Gasteiger partial charge is 0.394 e. The van der Waals surface area contributed by atoms with Gasteiger partial charge in [-0.05, 0) is 89.9 Å². The van der Waals surface area contributed by atoms with Gasteiger partial charge in [0.15, 0.2) is 0 Å². The first-order valence-electron chi connectivity index (χ1n) is 26.2. The highest BCUT2D eigenvalue weighted by Gasteiger charge is 2.17. The molecule has 4 heteroatoms. The van der Waals surface area contributed by atoms with E-state index in [0.717, 1.165) is 96.3 Å². The van der Waals surface area contributed by atoms with Crippen molar-refractivity contribution in [2.45, 2.75) is 238 Å². The predicted molar refractivity (Wildman–Crippen MR) is 280 cm³/mol. The number of carbonyl (C=O) groups is 1. The van der Waals surface area contributed by atoms with Crippen molar-refractivity contribution in [1.82, 2.24) is 5.32 Å². The van der Waals surface area contributed by atoms with Crippen molar-refractivity contribution in [2.24, 2.45) is 0 Å². The molecule has 0 fully saturated rings. The minimum Gasteiger partial charge on any atom is -0.394 e. The fourth-order valence-electron chi connectivity index (χ4n) is 7.23. The van der Waals surface area contributed by atoms with Gasteiger partial charge in [0.05, 0.1) is 18.8 Å². The summed E-state index contributed by atoms with van der Waals surface area (Å²) in [4.78, 5) is 12.4. The minimum atomic E-state index is -0.863. The topological polar surface area (TPSA) is 69.6 Å². The molecule has 2 unspecified atom stereocenters. The number of rotatable bonds is 46. The molecule has 0 aromatic carbocycles. The predicted octanol–water partition coefficient (Wildman–Crippen LogP) is 17.3. The number of hydrogen-bond acceptors (Lipinski definition) is 3. The molecule has 63 heavy (non-hydrogen) atoms. The molecule has 0 spiro atoms. The Bertz CT molecular complexity index is 1260. The lowest BCUT2D eigenvalue weighted by molar-refractivity contribution is -0.123. The second-order valence-corrected chi connectivity index (χ2v) is 17.2. The maximum atomic E-state index is 12.4. The van der Waals surface area contributed by atoms with E-state index >= 15 is 0 Å². The third-order valence-corrected chi connectivity index (χ3v) is 11.2. The van der Waals surface area contributed by atoms with E-state index in [0.29, 0.717) is 6.42 Å². The van der Waals surface area contributed by atoms with Gasteiger partial charge < -0.3 is 15.5 Å². The lowest BCUT2D eigenvalue weighted by Gasteiger charge is -2.19. The average molecular weight is 870 g/mol. The molecule has 0 aliphatic heterocycles. The quantitative estimate of drug-likeness (QED) is 0.0422. The molecule has 0 aromatic rings. The van der Waals surface area contributed by atoms with Crippen LogP contribution in [0.15, 0.2) is 122 Å². The molecular weight excluding hydrogens is 771 g/mol. The molecule has 1 amide bonds. The van der Waals surface area contributed by atoms with Crippen LogP contribution in [0.25, 0.3) is 0 Å². The van der Waals surface area contributed by atoms with E-state index in [-0.39, 0.29) is 12.5 Å². The zero-order valence-electron chi connectivity index (χ0n) is 41.0. The van der Waals surface area contributed by atoms with Gasteiger partial charge in [-0.25, -0.2) is 0 Å². The van der Waals surface area contributed by atoms with Crippen molar-refractivity contribution >= 4 is 5.91 Å². The summed E-state index contributed by atoms with van der Waals surface area (Å²) in [6, 6.07) is -0.650. The zero-order chi connectivity index (χ0) is 45.6. The molecule has 2 atom stereocenters. The second kappa shape index (κ2) is 53.1. The highest BCUT2D eigenvalue weighted by molar-refractivity contribution is 5.76. The lowest BCUT2D eigenvalue weighted by Crippen LogP contribution is -2.45. The van der Waals surface area contributed by atoms with Crippen molar-refractivity contribution in [2.75, 3.05) is 6.61 Å². The molecule has 358 valence electrons. The number of unbranched alkanes of at least 4 members (excludes halogenated alkanes) is 21. The van der Waals surface area contributed by atoms with Crippen LogP contribution in [-0.4, -0.2) is 34.9 Å². The average Bonchev–Trinajstić information content (AvgIpc) is 3.29. The van der Waals surface area contributed by atoms with Crippen LogP contribution >= 0.6 is 0 Å². The maximum Gasteiger partial charge on any atom is 0.220 e. The summed E-state index contributed by atoms with van der Waals surface area (Å²) in [6.45, 7) is 4.18. The van der Waals surface area contributed by atoms with Gasteiger partial charge in [0.25, 0.3) is 0 Å². The summed E-state index contributed by atoms with van der Waals surface area (Å²) < 4.78 is 0. The Balaban J connectivity index is 3.70. The van der Waals surface area contributed by atoms with Crippen LogP contribution in [0, 0.1) is 0 Å². The first-order valence-corrected chi connectivity index (χ1v) is 26.2. The summed E-state index contributed by atoms with van der Waals surface area (Å²) >= 11 is 0. The van der Waals surface area contributed by atoms with E-state index < -0.39 is 12.1 Å². The summed E-state index contributed by atoms with van der Waals surface area (Å²) in [5.74, 6) is -0.0999. The fourth-order valence-corrected chi connectivity index (χ4v) is 7.23. The summed E-state index contributed by atoms with van der Waals surface area (Å²) in [6.07, 6.45) is 81.9. The number of aliphatic hydroxyl groups is 2. The molecule has 4 nitrogen and oxygen atoms in total. The third kappa shape index (κ3) is 49.7. The van der Waals surface area contributed by atoms with E-state index in [4.69, 9.17) is 0 Å². The molecule has 0 radical (unpaired) electrons. The van der Waals surface area contributed by atoms with Crippen LogP contribution in [0.4, 0.5) is 0 Å². The molecule has 0 aliphatic rings. The Morgan fingerprint density at radius 2 is 0.698 bits per heavy atom. The standard InChI is InChI=1S/C59H99NO3/c1-3-5-7-9-11-13-15-17-19-21-23-25-26-27-28-29-30-31-32-33-34-35-37-39-41-43-45-47-49-51-53-55-59(63)60-57(56-61)58(62)54-52-50-48-46-44-42-40-38-36-24-22-20-18-16-14-12-10-8-6-4-2/h5,7,11,13,17,19,23,25,27-28,30-31,33-34,37,39,43,45,52,54,57-58,61-62H,3-4,6,8-10,12,14-16,18,20-22,24,26,29,32,35-36,38,40-42,44,46-51,53,55-56H2,1-2H3,(H,60,63)/b7-5-,13-11-,19-17-,25-23-,28-27-,31-30-,34-33-,39-37-,45-43-,54-52+. The molecule has 0 aromatic heterocycles. The molecule has 0 heterocycles. The Labute approximate surface area is 390 Å². The van der Waals surface area contributed by atoms with Crippen LogP contribution in [-0.2, 0) is 4.79 Å².